The monoisotopic (exact) mass is 508 g/mol. The zero-order valence-electron chi connectivity index (χ0n) is 23.1. The quantitative estimate of drug-likeness (QED) is 0.0900. The zero-order valence-corrected chi connectivity index (χ0v) is 23.1. The molecule has 0 aromatic rings. The van der Waals surface area contributed by atoms with Crippen LogP contribution in [-0.4, -0.2) is 33.7 Å². The number of carbonyl (C=O) groups excluding carboxylic acids is 2. The molecule has 0 atom stereocenters. The predicted molar refractivity (Wildman–Crippen MR) is 145 cm³/mol. The Kier molecular flexibility index (Phi) is 22.1. The summed E-state index contributed by atoms with van der Waals surface area (Å²) in [7, 11) is 0. The molecule has 208 valence electrons. The summed E-state index contributed by atoms with van der Waals surface area (Å²) >= 11 is 0. The Balaban J connectivity index is 4.44. The number of rotatable bonds is 26. The molecule has 0 radical (unpaired) electrons. The first-order valence-electron chi connectivity index (χ1n) is 14.5. The van der Waals surface area contributed by atoms with E-state index in [0.29, 0.717) is 12.8 Å². The lowest BCUT2D eigenvalue weighted by Gasteiger charge is -2.09. The van der Waals surface area contributed by atoms with Gasteiger partial charge in [0.05, 0.1) is 11.1 Å². The molecule has 0 spiro atoms. The number of Topliss-reactive ketones (excluding diaryl/α,β-unsaturated/α-hetero) is 2. The average Bonchev–Trinajstić information content (AvgIpc) is 2.83. The van der Waals surface area contributed by atoms with E-state index in [1.807, 2.05) is 0 Å². The predicted octanol–water partition coefficient (Wildman–Crippen LogP) is 8.21. The minimum absolute atomic E-state index is 0.242. The third-order valence-corrected chi connectivity index (χ3v) is 6.75. The van der Waals surface area contributed by atoms with E-state index in [9.17, 15) is 29.4 Å². The van der Waals surface area contributed by atoms with Crippen molar-refractivity contribution in [1.82, 2.24) is 0 Å². The van der Waals surface area contributed by atoms with Gasteiger partial charge in [-0.2, -0.15) is 0 Å². The average molecular weight is 509 g/mol. The van der Waals surface area contributed by atoms with Gasteiger partial charge in [-0.3, -0.25) is 9.59 Å². The fraction of sp³-hybridized carbons (Fsp3) is 0.800. The molecule has 0 aliphatic carbocycles. The van der Waals surface area contributed by atoms with Crippen LogP contribution in [0.1, 0.15) is 155 Å². The molecule has 36 heavy (non-hydrogen) atoms. The van der Waals surface area contributed by atoms with Gasteiger partial charge < -0.3 is 10.2 Å². The highest BCUT2D eigenvalue weighted by atomic mass is 16.4. The molecule has 0 aromatic heterocycles. The Morgan fingerprint density at radius 1 is 0.417 bits per heavy atom. The van der Waals surface area contributed by atoms with Crippen molar-refractivity contribution in [1.29, 1.82) is 0 Å². The van der Waals surface area contributed by atoms with E-state index in [1.165, 1.54) is 64.2 Å². The molecule has 0 aliphatic rings. The summed E-state index contributed by atoms with van der Waals surface area (Å²) in [6, 6.07) is 0. The molecule has 6 heteroatoms. The summed E-state index contributed by atoms with van der Waals surface area (Å²) in [5.41, 5.74) is -0.882. The van der Waals surface area contributed by atoms with Crippen LogP contribution >= 0.6 is 0 Å². The van der Waals surface area contributed by atoms with Gasteiger partial charge in [0.1, 0.15) is 11.6 Å². The minimum atomic E-state index is -1.43. The number of carbonyl (C=O) groups is 4. The number of unbranched alkanes of at least 4 members (excludes halogenated alkanes) is 16. The van der Waals surface area contributed by atoms with Crippen LogP contribution in [0.25, 0.3) is 0 Å². The SMILES string of the molecule is CCCCCCCCCCCC(=O)CC(C(=O)O)=C(CC(=O)CCCCCCCCCCC)C(=O)O. The van der Waals surface area contributed by atoms with Gasteiger partial charge in [-0.25, -0.2) is 9.59 Å². The first-order valence-corrected chi connectivity index (χ1v) is 14.5. The van der Waals surface area contributed by atoms with Crippen molar-refractivity contribution >= 4 is 23.5 Å². The molecule has 0 amide bonds. The summed E-state index contributed by atoms with van der Waals surface area (Å²) in [5.74, 6) is -3.41. The lowest BCUT2D eigenvalue weighted by Crippen LogP contribution is -2.17. The van der Waals surface area contributed by atoms with Crippen molar-refractivity contribution in [3.05, 3.63) is 11.1 Å². The number of hydrogen-bond donors (Lipinski definition) is 2. The van der Waals surface area contributed by atoms with Crippen LogP contribution in [0.4, 0.5) is 0 Å². The molecule has 0 heterocycles. The van der Waals surface area contributed by atoms with Crippen LogP contribution in [0, 0.1) is 0 Å². The van der Waals surface area contributed by atoms with Gasteiger partial charge in [0.25, 0.3) is 0 Å². The van der Waals surface area contributed by atoms with Crippen LogP contribution in [-0.2, 0) is 19.2 Å². The molecule has 0 rings (SSSR count). The summed E-state index contributed by atoms with van der Waals surface area (Å²) < 4.78 is 0. The summed E-state index contributed by atoms with van der Waals surface area (Å²) in [4.78, 5) is 48.2. The maximum atomic E-state index is 12.4. The van der Waals surface area contributed by atoms with E-state index < -0.39 is 35.9 Å². The number of carboxylic acid groups (broad SMARTS) is 2. The maximum Gasteiger partial charge on any atom is 0.332 e. The van der Waals surface area contributed by atoms with Gasteiger partial charge in [0.2, 0.25) is 0 Å². The molecular weight excluding hydrogens is 456 g/mol. The molecule has 0 saturated heterocycles. The van der Waals surface area contributed by atoms with Crippen molar-refractivity contribution in [3.8, 4) is 0 Å². The fourth-order valence-corrected chi connectivity index (χ4v) is 4.46. The molecule has 0 unspecified atom stereocenters. The van der Waals surface area contributed by atoms with E-state index in [1.54, 1.807) is 0 Å². The van der Waals surface area contributed by atoms with E-state index in [4.69, 9.17) is 0 Å². The second-order valence-electron chi connectivity index (χ2n) is 10.2. The Bertz CT molecular complexity index is 608. The Hall–Kier alpha value is -1.98. The number of ketones is 2. The van der Waals surface area contributed by atoms with Gasteiger partial charge in [0, 0.05) is 25.7 Å². The molecule has 0 aliphatic heterocycles. The Labute approximate surface area is 219 Å². The van der Waals surface area contributed by atoms with Crippen molar-refractivity contribution in [2.24, 2.45) is 0 Å². The number of aliphatic carboxylic acids is 2. The van der Waals surface area contributed by atoms with E-state index in [-0.39, 0.29) is 24.4 Å². The van der Waals surface area contributed by atoms with E-state index in [0.717, 1.165) is 38.5 Å². The van der Waals surface area contributed by atoms with Gasteiger partial charge in [-0.1, -0.05) is 117 Å². The molecule has 0 saturated carbocycles. The summed E-state index contributed by atoms with van der Waals surface area (Å²) in [5, 5.41) is 19.1. The smallest absolute Gasteiger partial charge is 0.332 e. The van der Waals surface area contributed by atoms with Crippen molar-refractivity contribution < 1.29 is 29.4 Å². The fourth-order valence-electron chi connectivity index (χ4n) is 4.46. The normalized spacial score (nSPS) is 11.8. The summed E-state index contributed by atoms with van der Waals surface area (Å²) in [6.45, 7) is 4.38. The third kappa shape index (κ3) is 19.2. The topological polar surface area (TPSA) is 109 Å². The van der Waals surface area contributed by atoms with Crippen molar-refractivity contribution in [3.63, 3.8) is 0 Å². The van der Waals surface area contributed by atoms with Gasteiger partial charge in [-0.05, 0) is 12.8 Å². The van der Waals surface area contributed by atoms with Crippen LogP contribution in [0.5, 0.6) is 0 Å². The molecule has 0 fully saturated rings. The van der Waals surface area contributed by atoms with Gasteiger partial charge >= 0.3 is 11.9 Å². The standard InChI is InChI=1S/C30H52O6/c1-3-5-7-9-11-13-15-17-19-21-25(31)23-27(29(33)34)28(30(35)36)24-26(32)22-20-18-16-14-12-10-8-6-4-2/h3-24H2,1-2H3,(H,33,34)(H,35,36). The lowest BCUT2D eigenvalue weighted by atomic mass is 9.95. The molecular formula is C30H52O6. The second-order valence-corrected chi connectivity index (χ2v) is 10.2. The highest BCUT2D eigenvalue weighted by Crippen LogP contribution is 2.19. The molecule has 6 nitrogen and oxygen atoms in total. The molecule has 0 bridgehead atoms. The highest BCUT2D eigenvalue weighted by molar-refractivity contribution is 6.05. The molecule has 0 aromatic carbocycles. The Morgan fingerprint density at radius 2 is 0.667 bits per heavy atom. The number of carboxylic acids is 2. The minimum Gasteiger partial charge on any atom is -0.478 e. The van der Waals surface area contributed by atoms with E-state index in [2.05, 4.69) is 13.8 Å². The highest BCUT2D eigenvalue weighted by Gasteiger charge is 2.24. The first-order chi connectivity index (χ1) is 17.3. The van der Waals surface area contributed by atoms with Gasteiger partial charge in [-0.15, -0.1) is 0 Å². The maximum absolute atomic E-state index is 12.4. The largest absolute Gasteiger partial charge is 0.478 e. The second kappa shape index (κ2) is 23.4. The van der Waals surface area contributed by atoms with Crippen LogP contribution < -0.4 is 0 Å². The van der Waals surface area contributed by atoms with Crippen molar-refractivity contribution in [2.75, 3.05) is 0 Å². The van der Waals surface area contributed by atoms with Crippen LogP contribution in [0.15, 0.2) is 11.1 Å². The van der Waals surface area contributed by atoms with Crippen LogP contribution in [0.3, 0.4) is 0 Å². The lowest BCUT2D eigenvalue weighted by molar-refractivity contribution is -0.137. The summed E-state index contributed by atoms with van der Waals surface area (Å²) in [6.07, 6.45) is 19.6. The Morgan fingerprint density at radius 3 is 0.917 bits per heavy atom. The van der Waals surface area contributed by atoms with Crippen molar-refractivity contribution in [2.45, 2.75) is 155 Å². The first kappa shape index (κ1) is 34.0. The van der Waals surface area contributed by atoms with Crippen LogP contribution in [0.2, 0.25) is 0 Å². The zero-order chi connectivity index (χ0) is 27.0. The number of hydrogen-bond acceptors (Lipinski definition) is 4. The van der Waals surface area contributed by atoms with E-state index >= 15 is 0 Å². The van der Waals surface area contributed by atoms with Gasteiger partial charge in [0.15, 0.2) is 0 Å². The third-order valence-electron chi connectivity index (χ3n) is 6.75. The molecule has 2 N–H and O–H groups in total.